The molecule has 2 aliphatic rings. The number of aromatic nitrogens is 5. The van der Waals surface area contributed by atoms with Gasteiger partial charge in [0.2, 0.25) is 0 Å². The number of carbonyl (C=O) groups excluding carboxylic acids is 1. The molecule has 130 valence electrons. The predicted octanol–water partition coefficient (Wildman–Crippen LogP) is 1.49. The molecule has 8 nitrogen and oxygen atoms in total. The van der Waals surface area contributed by atoms with Crippen molar-refractivity contribution < 1.29 is 9.90 Å². The van der Waals surface area contributed by atoms with E-state index in [0.717, 1.165) is 36.5 Å². The summed E-state index contributed by atoms with van der Waals surface area (Å²) in [4.78, 5) is 17.5. The number of aliphatic hydroxyl groups excluding tert-OH is 1. The molecule has 3 aromatic heterocycles. The van der Waals surface area contributed by atoms with E-state index in [1.807, 2.05) is 16.0 Å². The third-order valence-corrected chi connectivity index (χ3v) is 5.78. The zero-order chi connectivity index (χ0) is 17.0. The molecule has 0 atom stereocenters. The molecule has 2 saturated carbocycles. The molecule has 0 aromatic carbocycles. The van der Waals surface area contributed by atoms with E-state index in [2.05, 4.69) is 25.1 Å². The number of fused-ring (bicyclic) bond motifs is 1. The summed E-state index contributed by atoms with van der Waals surface area (Å²) in [5.74, 6) is 1.78. The lowest BCUT2D eigenvalue weighted by atomic mass is 9.79. The monoisotopic (exact) mass is 358 g/mol. The van der Waals surface area contributed by atoms with E-state index in [0.29, 0.717) is 23.5 Å². The van der Waals surface area contributed by atoms with Crippen LogP contribution in [0.5, 0.6) is 0 Å². The summed E-state index contributed by atoms with van der Waals surface area (Å²) in [6.45, 7) is -0.0756. The first-order chi connectivity index (χ1) is 12.2. The topological polar surface area (TPSA) is 97.3 Å². The molecule has 5 rings (SSSR count). The lowest BCUT2D eigenvalue weighted by Crippen LogP contribution is -2.44. The zero-order valence-electron chi connectivity index (χ0n) is 13.5. The van der Waals surface area contributed by atoms with Gasteiger partial charge in [-0.25, -0.2) is 4.98 Å². The SMILES string of the molecule is O=C(NC1CC(c2nnc(CO)n2C2CC2)C1)c1cn2ccsc2n1. The Morgan fingerprint density at radius 1 is 1.36 bits per heavy atom. The Bertz CT molecular complexity index is 905. The highest BCUT2D eigenvalue weighted by Crippen LogP contribution is 2.42. The Kier molecular flexibility index (Phi) is 3.39. The van der Waals surface area contributed by atoms with Crippen molar-refractivity contribution in [2.24, 2.45) is 0 Å². The second-order valence-corrected chi connectivity index (χ2v) is 7.66. The smallest absolute Gasteiger partial charge is 0.271 e. The van der Waals surface area contributed by atoms with Gasteiger partial charge in [0, 0.05) is 35.8 Å². The van der Waals surface area contributed by atoms with Crippen molar-refractivity contribution in [1.29, 1.82) is 0 Å². The molecule has 3 aromatic rings. The van der Waals surface area contributed by atoms with E-state index >= 15 is 0 Å². The fourth-order valence-electron chi connectivity index (χ4n) is 3.50. The number of amides is 1. The number of carbonyl (C=O) groups is 1. The maximum Gasteiger partial charge on any atom is 0.271 e. The highest BCUT2D eigenvalue weighted by atomic mass is 32.1. The van der Waals surface area contributed by atoms with Crippen molar-refractivity contribution in [3.05, 3.63) is 35.1 Å². The molecule has 1 amide bonds. The Labute approximate surface area is 147 Å². The van der Waals surface area contributed by atoms with Gasteiger partial charge in [-0.3, -0.25) is 9.20 Å². The van der Waals surface area contributed by atoms with Crippen LogP contribution in [0.2, 0.25) is 0 Å². The average Bonchev–Trinajstić information content (AvgIpc) is 3.00. The van der Waals surface area contributed by atoms with E-state index in [9.17, 15) is 9.90 Å². The quantitative estimate of drug-likeness (QED) is 0.720. The van der Waals surface area contributed by atoms with Crippen molar-refractivity contribution in [1.82, 2.24) is 29.5 Å². The number of aliphatic hydroxyl groups is 1. The highest BCUT2D eigenvalue weighted by molar-refractivity contribution is 7.15. The number of hydrogen-bond acceptors (Lipinski definition) is 6. The first-order valence-corrected chi connectivity index (χ1v) is 9.38. The van der Waals surface area contributed by atoms with Crippen molar-refractivity contribution in [2.75, 3.05) is 0 Å². The van der Waals surface area contributed by atoms with Gasteiger partial charge in [0.25, 0.3) is 5.91 Å². The van der Waals surface area contributed by atoms with Gasteiger partial charge >= 0.3 is 0 Å². The summed E-state index contributed by atoms with van der Waals surface area (Å²) in [7, 11) is 0. The molecular weight excluding hydrogens is 340 g/mol. The summed E-state index contributed by atoms with van der Waals surface area (Å²) in [6.07, 6.45) is 7.61. The van der Waals surface area contributed by atoms with Crippen LogP contribution in [0.15, 0.2) is 17.8 Å². The lowest BCUT2D eigenvalue weighted by Gasteiger charge is -2.35. The minimum absolute atomic E-state index is 0.0756. The van der Waals surface area contributed by atoms with E-state index < -0.39 is 0 Å². The largest absolute Gasteiger partial charge is 0.388 e. The summed E-state index contributed by atoms with van der Waals surface area (Å²) < 4.78 is 3.96. The van der Waals surface area contributed by atoms with Crippen LogP contribution < -0.4 is 5.32 Å². The molecule has 3 heterocycles. The Balaban J connectivity index is 1.24. The van der Waals surface area contributed by atoms with Gasteiger partial charge in [0.15, 0.2) is 10.8 Å². The van der Waals surface area contributed by atoms with Gasteiger partial charge in [0.05, 0.1) is 0 Å². The second kappa shape index (κ2) is 5.63. The van der Waals surface area contributed by atoms with Crippen LogP contribution in [0.4, 0.5) is 0 Å². The molecule has 0 radical (unpaired) electrons. The minimum Gasteiger partial charge on any atom is -0.388 e. The normalized spacial score (nSPS) is 22.9. The number of nitrogens with zero attached hydrogens (tertiary/aromatic N) is 5. The highest BCUT2D eigenvalue weighted by Gasteiger charge is 2.38. The average molecular weight is 358 g/mol. The number of hydrogen-bond donors (Lipinski definition) is 2. The van der Waals surface area contributed by atoms with Crippen LogP contribution in [0, 0.1) is 0 Å². The number of thiazole rings is 1. The van der Waals surface area contributed by atoms with Gasteiger partial charge in [0.1, 0.15) is 18.1 Å². The molecule has 0 saturated heterocycles. The lowest BCUT2D eigenvalue weighted by molar-refractivity contribution is 0.0902. The van der Waals surface area contributed by atoms with Crippen LogP contribution in [0.1, 0.15) is 59.8 Å². The summed E-state index contributed by atoms with van der Waals surface area (Å²) in [5, 5.41) is 22.8. The third-order valence-electron chi connectivity index (χ3n) is 5.01. The van der Waals surface area contributed by atoms with Crippen LogP contribution in [-0.2, 0) is 6.61 Å². The van der Waals surface area contributed by atoms with E-state index in [-0.39, 0.29) is 18.6 Å². The van der Waals surface area contributed by atoms with Crippen LogP contribution in [0.25, 0.3) is 4.96 Å². The fraction of sp³-hybridized carbons (Fsp3) is 0.500. The van der Waals surface area contributed by atoms with Gasteiger partial charge in [-0.1, -0.05) is 0 Å². The first kappa shape index (κ1) is 15.0. The Morgan fingerprint density at radius 3 is 2.92 bits per heavy atom. The van der Waals surface area contributed by atoms with Crippen molar-refractivity contribution in [3.8, 4) is 0 Å². The fourth-order valence-corrected chi connectivity index (χ4v) is 4.20. The standard InChI is InChI=1S/C16H18N6O2S/c23-8-13-19-20-14(22(13)11-1-2-11)9-5-10(6-9)17-15(24)12-7-21-3-4-25-16(21)18-12/h3-4,7,9-11,23H,1-2,5-6,8H2,(H,17,24). The van der Waals surface area contributed by atoms with Gasteiger partial charge in [-0.15, -0.1) is 21.5 Å². The molecule has 25 heavy (non-hydrogen) atoms. The third kappa shape index (κ3) is 2.54. The maximum atomic E-state index is 12.3. The zero-order valence-corrected chi connectivity index (χ0v) is 14.3. The molecule has 0 bridgehead atoms. The minimum atomic E-state index is -0.126. The van der Waals surface area contributed by atoms with E-state index in [4.69, 9.17) is 0 Å². The predicted molar refractivity (Wildman–Crippen MR) is 90.5 cm³/mol. The van der Waals surface area contributed by atoms with Crippen molar-refractivity contribution in [2.45, 2.75) is 50.3 Å². The molecule has 9 heteroatoms. The maximum absolute atomic E-state index is 12.3. The van der Waals surface area contributed by atoms with Gasteiger partial charge in [-0.2, -0.15) is 0 Å². The Hall–Kier alpha value is -2.26. The van der Waals surface area contributed by atoms with Crippen LogP contribution >= 0.6 is 11.3 Å². The van der Waals surface area contributed by atoms with E-state index in [1.165, 1.54) is 11.3 Å². The number of rotatable bonds is 5. The van der Waals surface area contributed by atoms with Crippen LogP contribution in [0.3, 0.4) is 0 Å². The van der Waals surface area contributed by atoms with Crippen molar-refractivity contribution >= 4 is 22.2 Å². The van der Waals surface area contributed by atoms with Gasteiger partial charge < -0.3 is 15.0 Å². The molecule has 0 spiro atoms. The van der Waals surface area contributed by atoms with Gasteiger partial charge in [-0.05, 0) is 25.7 Å². The Morgan fingerprint density at radius 2 is 2.20 bits per heavy atom. The van der Waals surface area contributed by atoms with Crippen LogP contribution in [-0.4, -0.2) is 41.2 Å². The summed E-state index contributed by atoms with van der Waals surface area (Å²) in [6, 6.07) is 0.582. The second-order valence-electron chi connectivity index (χ2n) is 6.79. The van der Waals surface area contributed by atoms with E-state index in [1.54, 1.807) is 6.20 Å². The number of nitrogens with one attached hydrogen (secondary N) is 1. The molecule has 0 aliphatic heterocycles. The molecule has 2 fully saturated rings. The molecular formula is C16H18N6O2S. The first-order valence-electron chi connectivity index (χ1n) is 8.50. The molecule has 0 unspecified atom stereocenters. The summed E-state index contributed by atoms with van der Waals surface area (Å²) in [5.41, 5.74) is 0.457. The van der Waals surface area contributed by atoms with Crippen molar-refractivity contribution in [3.63, 3.8) is 0 Å². The number of imidazole rings is 1. The molecule has 2 N–H and O–H groups in total. The summed E-state index contributed by atoms with van der Waals surface area (Å²) >= 11 is 1.51. The molecule has 2 aliphatic carbocycles.